The van der Waals surface area contributed by atoms with Gasteiger partial charge in [-0.25, -0.2) is 0 Å². The first-order valence-electron chi connectivity index (χ1n) is 12.7. The molecule has 3 fully saturated rings. The smallest absolute Gasteiger partial charge is 0.250 e. The Balaban J connectivity index is 1.55. The molecule has 3 aliphatic heterocycles. The summed E-state index contributed by atoms with van der Waals surface area (Å²) in [4.78, 5) is 43.0. The number of rotatable bonds is 7. The van der Waals surface area contributed by atoms with E-state index in [1.165, 1.54) is 4.90 Å². The van der Waals surface area contributed by atoms with Crippen molar-refractivity contribution < 1.29 is 24.2 Å². The molecule has 7 atom stereocenters. The van der Waals surface area contributed by atoms with Crippen LogP contribution in [0.3, 0.4) is 0 Å². The van der Waals surface area contributed by atoms with Gasteiger partial charge in [-0.3, -0.25) is 14.4 Å². The lowest BCUT2D eigenvalue weighted by Crippen LogP contribution is -2.56. The summed E-state index contributed by atoms with van der Waals surface area (Å²) < 4.78 is 6.53. The number of aliphatic hydroxyl groups is 1. The van der Waals surface area contributed by atoms with Gasteiger partial charge in [0.15, 0.2) is 0 Å². The number of aliphatic hydroxyl groups excluding tert-OH is 1. The highest BCUT2D eigenvalue weighted by Crippen LogP contribution is 2.60. The van der Waals surface area contributed by atoms with Gasteiger partial charge >= 0.3 is 0 Å². The number of alkyl halides is 1. The summed E-state index contributed by atoms with van der Waals surface area (Å²) in [5.41, 5.74) is 1.95. The van der Waals surface area contributed by atoms with Crippen molar-refractivity contribution >= 4 is 45.0 Å². The summed E-state index contributed by atoms with van der Waals surface area (Å²) in [6, 6.07) is 13.3. The monoisotopic (exact) mass is 569 g/mol. The van der Waals surface area contributed by atoms with Crippen LogP contribution in [0.4, 0.5) is 11.4 Å². The lowest BCUT2D eigenvalue weighted by molar-refractivity contribution is -0.143. The Morgan fingerprint density at radius 3 is 2.41 bits per heavy atom. The molecule has 0 radical (unpaired) electrons. The molecule has 3 unspecified atom stereocenters. The van der Waals surface area contributed by atoms with Crippen molar-refractivity contribution in [2.45, 2.75) is 62.2 Å². The highest BCUT2D eigenvalue weighted by atomic mass is 79.9. The predicted octanol–water partition coefficient (Wildman–Crippen LogP) is 3.40. The lowest BCUT2D eigenvalue weighted by Gasteiger charge is -2.36. The number of para-hydroxylation sites is 2. The molecule has 3 N–H and O–H groups in total. The molecule has 3 amide bonds. The fourth-order valence-electron chi connectivity index (χ4n) is 6.42. The zero-order valence-corrected chi connectivity index (χ0v) is 22.7. The quantitative estimate of drug-likeness (QED) is 0.443. The van der Waals surface area contributed by atoms with Crippen molar-refractivity contribution in [3.8, 4) is 0 Å². The third-order valence-electron chi connectivity index (χ3n) is 8.12. The van der Waals surface area contributed by atoms with Gasteiger partial charge in [0.05, 0.1) is 30.6 Å². The van der Waals surface area contributed by atoms with Crippen LogP contribution in [-0.2, 0) is 19.1 Å². The van der Waals surface area contributed by atoms with Gasteiger partial charge in [0, 0.05) is 16.2 Å². The summed E-state index contributed by atoms with van der Waals surface area (Å²) in [6.45, 7) is 5.41. The number of fused-ring (bicyclic) bond motifs is 1. The van der Waals surface area contributed by atoms with E-state index in [0.717, 1.165) is 11.1 Å². The first-order chi connectivity index (χ1) is 17.7. The van der Waals surface area contributed by atoms with Gasteiger partial charge in [-0.2, -0.15) is 0 Å². The molecule has 8 nitrogen and oxygen atoms in total. The number of benzene rings is 2. The number of halogens is 1. The molecule has 1 spiro atoms. The summed E-state index contributed by atoms with van der Waals surface area (Å²) >= 11 is 3.68. The second-order valence-corrected chi connectivity index (χ2v) is 11.4. The van der Waals surface area contributed by atoms with Gasteiger partial charge < -0.3 is 25.4 Å². The molecule has 196 valence electrons. The van der Waals surface area contributed by atoms with Crippen LogP contribution in [0.15, 0.2) is 48.5 Å². The maximum Gasteiger partial charge on any atom is 0.250 e. The average Bonchev–Trinajstić information content (AvgIpc) is 3.47. The van der Waals surface area contributed by atoms with Gasteiger partial charge in [0.2, 0.25) is 17.7 Å². The molecule has 3 aliphatic rings. The topological polar surface area (TPSA) is 108 Å². The van der Waals surface area contributed by atoms with Crippen LogP contribution in [0.1, 0.15) is 30.9 Å². The number of nitrogens with zero attached hydrogens (tertiary/aromatic N) is 1. The standard InChI is InChI=1S/C28H32BrN3O5/c1-4-18(14-33)32-24(26(35)31-22-15(2)9-8-10-16(22)3)28-13-19(29)23(37-28)20(21(28)27(32)36)25(34)30-17-11-6-5-7-12-17/h5-12,18-21,23-24,33H,4,13-14H2,1-3H3,(H,30,34)(H,31,35)/t18-,19?,20+,21-,23+,24?,28?/m0/s1. The fraction of sp³-hybridized carbons (Fsp3) is 0.464. The highest BCUT2D eigenvalue weighted by Gasteiger charge is 2.77. The van der Waals surface area contributed by atoms with E-state index in [9.17, 15) is 19.5 Å². The lowest BCUT2D eigenvalue weighted by atomic mass is 9.70. The summed E-state index contributed by atoms with van der Waals surface area (Å²) in [5.74, 6) is -2.61. The van der Waals surface area contributed by atoms with Gasteiger partial charge in [0.1, 0.15) is 11.6 Å². The van der Waals surface area contributed by atoms with Crippen LogP contribution in [0.5, 0.6) is 0 Å². The number of amides is 3. The molecule has 0 saturated carbocycles. The molecule has 5 rings (SSSR count). The number of hydrogen-bond acceptors (Lipinski definition) is 5. The molecule has 2 aromatic carbocycles. The molecule has 2 aromatic rings. The Morgan fingerprint density at radius 2 is 1.78 bits per heavy atom. The molecule has 3 saturated heterocycles. The Bertz CT molecular complexity index is 1200. The second-order valence-electron chi connectivity index (χ2n) is 10.3. The molecular formula is C28H32BrN3O5. The van der Waals surface area contributed by atoms with Crippen LogP contribution in [-0.4, -0.2) is 63.0 Å². The number of likely N-dealkylation sites (tertiary alicyclic amines) is 1. The SMILES string of the molecule is CC[C@@H](CO)N1C(=O)[C@@H]2[C@@H](C(=O)Nc3ccccc3)[C@@H]3OC2(CC3Br)C1C(=O)Nc1c(C)cccc1C. The maximum atomic E-state index is 14.1. The van der Waals surface area contributed by atoms with Crippen molar-refractivity contribution in [1.29, 1.82) is 0 Å². The van der Waals surface area contributed by atoms with E-state index in [0.29, 0.717) is 24.2 Å². The molecule has 0 aliphatic carbocycles. The van der Waals surface area contributed by atoms with E-state index in [2.05, 4.69) is 26.6 Å². The van der Waals surface area contributed by atoms with Crippen LogP contribution in [0.2, 0.25) is 0 Å². The zero-order chi connectivity index (χ0) is 26.5. The van der Waals surface area contributed by atoms with Crippen LogP contribution < -0.4 is 10.6 Å². The minimum atomic E-state index is -1.18. The van der Waals surface area contributed by atoms with Crippen molar-refractivity contribution in [1.82, 2.24) is 4.90 Å². The van der Waals surface area contributed by atoms with Crippen molar-refractivity contribution in [2.75, 3.05) is 17.2 Å². The van der Waals surface area contributed by atoms with E-state index < -0.39 is 35.6 Å². The van der Waals surface area contributed by atoms with Crippen molar-refractivity contribution in [3.05, 3.63) is 59.7 Å². The van der Waals surface area contributed by atoms with Crippen molar-refractivity contribution in [3.63, 3.8) is 0 Å². The number of aryl methyl sites for hydroxylation is 2. The van der Waals surface area contributed by atoms with E-state index in [-0.39, 0.29) is 29.2 Å². The number of carbonyl (C=O) groups is 3. The predicted molar refractivity (Wildman–Crippen MR) is 143 cm³/mol. The van der Waals surface area contributed by atoms with E-state index >= 15 is 0 Å². The average molecular weight is 570 g/mol. The fourth-order valence-corrected chi connectivity index (χ4v) is 7.37. The van der Waals surface area contributed by atoms with Crippen LogP contribution >= 0.6 is 15.9 Å². The van der Waals surface area contributed by atoms with E-state index in [1.54, 1.807) is 12.1 Å². The molecule has 0 aromatic heterocycles. The van der Waals surface area contributed by atoms with Gasteiger partial charge in [-0.05, 0) is 49.9 Å². The van der Waals surface area contributed by atoms with E-state index in [4.69, 9.17) is 4.74 Å². The Hall–Kier alpha value is -2.75. The third-order valence-corrected chi connectivity index (χ3v) is 8.97. The Labute approximate surface area is 224 Å². The highest BCUT2D eigenvalue weighted by molar-refractivity contribution is 9.09. The summed E-state index contributed by atoms with van der Waals surface area (Å²) in [5, 5.41) is 16.2. The van der Waals surface area contributed by atoms with Gasteiger partial charge in [-0.1, -0.05) is 59.3 Å². The molecule has 3 heterocycles. The minimum absolute atomic E-state index is 0.201. The first kappa shape index (κ1) is 25.9. The van der Waals surface area contributed by atoms with Crippen LogP contribution in [0.25, 0.3) is 0 Å². The van der Waals surface area contributed by atoms with Gasteiger partial charge in [-0.15, -0.1) is 0 Å². The molecule has 2 bridgehead atoms. The summed E-state index contributed by atoms with van der Waals surface area (Å²) in [7, 11) is 0. The second kappa shape index (κ2) is 9.85. The Morgan fingerprint density at radius 1 is 1.11 bits per heavy atom. The summed E-state index contributed by atoms with van der Waals surface area (Å²) in [6.07, 6.45) is 0.316. The van der Waals surface area contributed by atoms with Crippen molar-refractivity contribution in [2.24, 2.45) is 11.8 Å². The molecular weight excluding hydrogens is 538 g/mol. The Kier molecular flexibility index (Phi) is 6.89. The number of nitrogens with one attached hydrogen (secondary N) is 2. The van der Waals surface area contributed by atoms with E-state index in [1.807, 2.05) is 57.2 Å². The molecule has 9 heteroatoms. The number of hydrogen-bond donors (Lipinski definition) is 3. The zero-order valence-electron chi connectivity index (χ0n) is 21.1. The normalized spacial score (nSPS) is 30.8. The minimum Gasteiger partial charge on any atom is -0.394 e. The number of carbonyl (C=O) groups excluding carboxylic acids is 3. The number of ether oxygens (including phenoxy) is 1. The number of anilines is 2. The van der Waals surface area contributed by atoms with Crippen LogP contribution in [0, 0.1) is 25.7 Å². The largest absolute Gasteiger partial charge is 0.394 e. The van der Waals surface area contributed by atoms with Gasteiger partial charge in [0.25, 0.3) is 0 Å². The first-order valence-corrected chi connectivity index (χ1v) is 13.6. The third kappa shape index (κ3) is 4.08. The molecule has 37 heavy (non-hydrogen) atoms. The maximum absolute atomic E-state index is 14.1.